The summed E-state index contributed by atoms with van der Waals surface area (Å²) < 4.78 is 19.2. The summed E-state index contributed by atoms with van der Waals surface area (Å²) >= 11 is 5.86. The van der Waals surface area contributed by atoms with Gasteiger partial charge >= 0.3 is 6.03 Å². The maximum atomic E-state index is 14.1. The summed E-state index contributed by atoms with van der Waals surface area (Å²) in [5.74, 6) is -0.693. The molecule has 0 saturated heterocycles. The second-order valence-electron chi connectivity index (χ2n) is 6.45. The molecular formula is C21H19ClFN3O3. The highest BCUT2D eigenvalue weighted by Crippen LogP contribution is 2.22. The van der Waals surface area contributed by atoms with Gasteiger partial charge in [0.05, 0.1) is 17.5 Å². The maximum absolute atomic E-state index is 14.1. The molecule has 0 unspecified atom stereocenters. The highest BCUT2D eigenvalue weighted by molar-refractivity contribution is 6.30. The molecule has 0 bridgehead atoms. The second kappa shape index (κ2) is 8.79. The first-order valence-electron chi connectivity index (χ1n) is 8.75. The quantitative estimate of drug-likeness (QED) is 0.594. The van der Waals surface area contributed by atoms with Crippen molar-refractivity contribution in [2.45, 2.75) is 13.5 Å². The Balaban J connectivity index is 1.67. The van der Waals surface area contributed by atoms with Crippen molar-refractivity contribution in [2.24, 2.45) is 0 Å². The zero-order valence-corrected chi connectivity index (χ0v) is 16.6. The number of furan rings is 1. The van der Waals surface area contributed by atoms with E-state index in [1.54, 1.807) is 26.1 Å². The number of halogens is 2. The van der Waals surface area contributed by atoms with Crippen LogP contribution in [0.1, 0.15) is 21.7 Å². The van der Waals surface area contributed by atoms with Crippen molar-refractivity contribution in [3.05, 3.63) is 82.5 Å². The Labute approximate surface area is 172 Å². The van der Waals surface area contributed by atoms with Crippen LogP contribution in [0.25, 0.3) is 0 Å². The molecule has 8 heteroatoms. The Bertz CT molecular complexity index is 1030. The van der Waals surface area contributed by atoms with Crippen molar-refractivity contribution < 1.29 is 18.4 Å². The lowest BCUT2D eigenvalue weighted by atomic mass is 10.2. The number of nitrogens with one attached hydrogen (secondary N) is 2. The summed E-state index contributed by atoms with van der Waals surface area (Å²) in [4.78, 5) is 26.2. The van der Waals surface area contributed by atoms with Crippen LogP contribution < -0.4 is 10.6 Å². The fourth-order valence-electron chi connectivity index (χ4n) is 2.66. The van der Waals surface area contributed by atoms with Gasteiger partial charge in [-0.1, -0.05) is 23.7 Å². The number of aryl methyl sites for hydroxylation is 1. The molecule has 0 aliphatic carbocycles. The standard InChI is InChI=1S/C21H19ClFN3O3/c1-13-17(9-10-29-13)20(27)25-19-11-16(7-8-18(19)23)24-21(28)26(2)12-14-3-5-15(22)6-4-14/h3-11H,12H2,1-2H3,(H,24,28)(H,25,27). The van der Waals surface area contributed by atoms with Gasteiger partial charge in [-0.25, -0.2) is 9.18 Å². The zero-order valence-electron chi connectivity index (χ0n) is 15.8. The largest absolute Gasteiger partial charge is 0.469 e. The number of urea groups is 1. The number of hydrogen-bond donors (Lipinski definition) is 2. The Hall–Kier alpha value is -3.32. The SMILES string of the molecule is Cc1occc1C(=O)Nc1cc(NC(=O)N(C)Cc2ccc(Cl)cc2)ccc1F. The van der Waals surface area contributed by atoms with Crippen LogP contribution in [0.3, 0.4) is 0 Å². The first kappa shape index (κ1) is 20.4. The van der Waals surface area contributed by atoms with E-state index in [1.807, 2.05) is 12.1 Å². The van der Waals surface area contributed by atoms with Gasteiger partial charge < -0.3 is 20.0 Å². The van der Waals surface area contributed by atoms with E-state index < -0.39 is 11.7 Å². The number of benzene rings is 2. The number of amides is 3. The van der Waals surface area contributed by atoms with Crippen molar-refractivity contribution in [3.63, 3.8) is 0 Å². The minimum Gasteiger partial charge on any atom is -0.469 e. The Morgan fingerprint density at radius 3 is 2.48 bits per heavy atom. The number of hydrogen-bond acceptors (Lipinski definition) is 3. The first-order valence-corrected chi connectivity index (χ1v) is 9.13. The summed E-state index contributed by atoms with van der Waals surface area (Å²) in [7, 11) is 1.64. The normalized spacial score (nSPS) is 10.5. The second-order valence-corrected chi connectivity index (χ2v) is 6.89. The van der Waals surface area contributed by atoms with Crippen LogP contribution in [0, 0.1) is 12.7 Å². The molecule has 6 nitrogen and oxygen atoms in total. The lowest BCUT2D eigenvalue weighted by molar-refractivity contribution is 0.102. The molecule has 3 amide bonds. The molecule has 3 aromatic rings. The predicted octanol–water partition coefficient (Wildman–Crippen LogP) is 5.30. The fraction of sp³-hybridized carbons (Fsp3) is 0.143. The van der Waals surface area contributed by atoms with Crippen molar-refractivity contribution in [1.82, 2.24) is 4.90 Å². The molecule has 0 radical (unpaired) electrons. The van der Waals surface area contributed by atoms with E-state index in [0.29, 0.717) is 28.6 Å². The van der Waals surface area contributed by atoms with Crippen LogP contribution in [0.4, 0.5) is 20.6 Å². The van der Waals surface area contributed by atoms with Crippen LogP contribution in [0.2, 0.25) is 5.02 Å². The van der Waals surface area contributed by atoms with E-state index in [9.17, 15) is 14.0 Å². The van der Waals surface area contributed by atoms with Gasteiger partial charge in [-0.15, -0.1) is 0 Å². The van der Waals surface area contributed by atoms with Crippen molar-refractivity contribution in [2.75, 3.05) is 17.7 Å². The number of anilines is 2. The first-order chi connectivity index (χ1) is 13.8. The van der Waals surface area contributed by atoms with Crippen LogP contribution >= 0.6 is 11.6 Å². The number of nitrogens with zero attached hydrogens (tertiary/aromatic N) is 1. The average Bonchev–Trinajstić information content (AvgIpc) is 3.12. The third-order valence-electron chi connectivity index (χ3n) is 4.25. The molecule has 150 valence electrons. The number of carbonyl (C=O) groups excluding carboxylic acids is 2. The molecule has 0 fully saturated rings. The van der Waals surface area contributed by atoms with Crippen LogP contribution in [-0.2, 0) is 6.54 Å². The number of rotatable bonds is 5. The third kappa shape index (κ3) is 5.14. The maximum Gasteiger partial charge on any atom is 0.321 e. The van der Waals surface area contributed by atoms with Crippen molar-refractivity contribution in [3.8, 4) is 0 Å². The molecule has 0 saturated carbocycles. The molecular weight excluding hydrogens is 397 g/mol. The highest BCUT2D eigenvalue weighted by atomic mass is 35.5. The lowest BCUT2D eigenvalue weighted by Crippen LogP contribution is -2.30. The molecule has 0 atom stereocenters. The Morgan fingerprint density at radius 2 is 1.83 bits per heavy atom. The van der Waals surface area contributed by atoms with Crippen molar-refractivity contribution in [1.29, 1.82) is 0 Å². The molecule has 2 N–H and O–H groups in total. The minimum atomic E-state index is -0.619. The van der Waals surface area contributed by atoms with Gasteiger partial charge in [0.25, 0.3) is 5.91 Å². The van der Waals surface area contributed by atoms with Gasteiger partial charge in [0, 0.05) is 24.3 Å². The van der Waals surface area contributed by atoms with E-state index >= 15 is 0 Å². The van der Waals surface area contributed by atoms with E-state index in [4.69, 9.17) is 16.0 Å². The Morgan fingerprint density at radius 1 is 1.10 bits per heavy atom. The molecule has 0 aliphatic rings. The summed E-state index contributed by atoms with van der Waals surface area (Å²) in [6.45, 7) is 2.01. The topological polar surface area (TPSA) is 74.6 Å². The monoisotopic (exact) mass is 415 g/mol. The van der Waals surface area contributed by atoms with E-state index in [-0.39, 0.29) is 11.7 Å². The minimum absolute atomic E-state index is 0.0474. The molecule has 2 aromatic carbocycles. The van der Waals surface area contributed by atoms with Crippen LogP contribution in [0.15, 0.2) is 59.2 Å². The van der Waals surface area contributed by atoms with Crippen molar-refractivity contribution >= 4 is 34.9 Å². The molecule has 0 spiro atoms. The van der Waals surface area contributed by atoms with E-state index in [1.165, 1.54) is 35.4 Å². The average molecular weight is 416 g/mol. The summed E-state index contributed by atoms with van der Waals surface area (Å²) in [6, 6.07) is 12.2. The predicted molar refractivity (Wildman–Crippen MR) is 110 cm³/mol. The van der Waals surface area contributed by atoms with Crippen LogP contribution in [-0.4, -0.2) is 23.9 Å². The molecule has 29 heavy (non-hydrogen) atoms. The van der Waals surface area contributed by atoms with E-state index in [0.717, 1.165) is 5.56 Å². The molecule has 1 aromatic heterocycles. The number of carbonyl (C=O) groups is 2. The highest BCUT2D eigenvalue weighted by Gasteiger charge is 2.15. The molecule has 0 aliphatic heterocycles. The van der Waals surface area contributed by atoms with E-state index in [2.05, 4.69) is 10.6 Å². The summed E-state index contributed by atoms with van der Waals surface area (Å²) in [5.41, 5.74) is 1.52. The molecule has 3 rings (SSSR count). The van der Waals surface area contributed by atoms with Gasteiger partial charge in [0.1, 0.15) is 11.6 Å². The third-order valence-corrected chi connectivity index (χ3v) is 4.50. The Kier molecular flexibility index (Phi) is 6.19. The van der Waals surface area contributed by atoms with Gasteiger partial charge in [-0.2, -0.15) is 0 Å². The summed E-state index contributed by atoms with van der Waals surface area (Å²) in [5, 5.41) is 5.79. The summed E-state index contributed by atoms with van der Waals surface area (Å²) in [6.07, 6.45) is 1.38. The van der Waals surface area contributed by atoms with Gasteiger partial charge in [-0.3, -0.25) is 4.79 Å². The van der Waals surface area contributed by atoms with Gasteiger partial charge in [0.15, 0.2) is 0 Å². The van der Waals surface area contributed by atoms with Gasteiger partial charge in [-0.05, 0) is 48.9 Å². The zero-order chi connectivity index (χ0) is 21.0. The fourth-order valence-corrected chi connectivity index (χ4v) is 2.79. The van der Waals surface area contributed by atoms with Crippen LogP contribution in [0.5, 0.6) is 0 Å². The lowest BCUT2D eigenvalue weighted by Gasteiger charge is -2.18. The smallest absolute Gasteiger partial charge is 0.321 e. The molecule has 1 heterocycles. The van der Waals surface area contributed by atoms with Gasteiger partial charge in [0.2, 0.25) is 0 Å².